The van der Waals surface area contributed by atoms with E-state index in [0.717, 1.165) is 18.2 Å². The van der Waals surface area contributed by atoms with Gasteiger partial charge in [-0.1, -0.05) is 17.8 Å². The first-order chi connectivity index (χ1) is 14.3. The lowest BCUT2D eigenvalue weighted by Crippen LogP contribution is -2.29. The minimum Gasteiger partial charge on any atom is -0.379 e. The Labute approximate surface area is 177 Å². The van der Waals surface area contributed by atoms with E-state index in [1.165, 1.54) is 17.8 Å². The lowest BCUT2D eigenvalue weighted by Gasteiger charge is -2.30. The number of thioether (sulfide) groups is 1. The van der Waals surface area contributed by atoms with Crippen molar-refractivity contribution in [1.82, 2.24) is 4.98 Å². The summed E-state index contributed by atoms with van der Waals surface area (Å²) >= 11 is 1.30. The van der Waals surface area contributed by atoms with Gasteiger partial charge in [-0.3, -0.25) is 14.8 Å². The van der Waals surface area contributed by atoms with Crippen LogP contribution in [0.4, 0.5) is 26.3 Å². The predicted octanol–water partition coefficient (Wildman–Crippen LogP) is 5.21. The van der Waals surface area contributed by atoms with E-state index >= 15 is 0 Å². The van der Waals surface area contributed by atoms with Crippen molar-refractivity contribution < 1.29 is 31.1 Å². The number of nitrogens with two attached hydrogens (primary N) is 1. The molecule has 1 unspecified atom stereocenters. The molecule has 1 aromatic carbocycles. The topological polar surface area (TPSA) is 68.3 Å². The Morgan fingerprint density at radius 1 is 1.10 bits per heavy atom. The van der Waals surface area contributed by atoms with Crippen molar-refractivity contribution in [2.45, 2.75) is 37.7 Å². The van der Waals surface area contributed by atoms with Gasteiger partial charge in [0.25, 0.3) is 0 Å². The number of aliphatic imine (C=N–C) groups is 1. The largest absolute Gasteiger partial charge is 0.417 e. The quantitative estimate of drug-likeness (QED) is 0.501. The van der Waals surface area contributed by atoms with Crippen molar-refractivity contribution in [1.29, 1.82) is 0 Å². The van der Waals surface area contributed by atoms with Crippen LogP contribution in [0.3, 0.4) is 0 Å². The van der Waals surface area contributed by atoms with Gasteiger partial charge in [0.05, 0.1) is 16.7 Å². The van der Waals surface area contributed by atoms with Gasteiger partial charge in [-0.2, -0.15) is 26.3 Å². The fourth-order valence-corrected chi connectivity index (χ4v) is 4.14. The summed E-state index contributed by atoms with van der Waals surface area (Å²) in [6.45, 7) is 1.66. The zero-order chi connectivity index (χ0) is 23.0. The van der Waals surface area contributed by atoms with Crippen LogP contribution in [0.5, 0.6) is 0 Å². The Morgan fingerprint density at radius 3 is 2.32 bits per heavy atom. The van der Waals surface area contributed by atoms with E-state index in [-0.39, 0.29) is 22.0 Å². The molecular formula is C20H17F6N3OS. The van der Waals surface area contributed by atoms with Crippen LogP contribution in [-0.2, 0) is 24.3 Å². The van der Waals surface area contributed by atoms with Crippen molar-refractivity contribution in [2.24, 2.45) is 10.7 Å². The number of Topliss-reactive ketones (excluding diaryl/α,β-unsaturated/α-hetero) is 1. The summed E-state index contributed by atoms with van der Waals surface area (Å²) in [5.41, 5.74) is 2.85. The molecule has 0 aliphatic carbocycles. The predicted molar refractivity (Wildman–Crippen MR) is 105 cm³/mol. The van der Waals surface area contributed by atoms with Crippen LogP contribution in [0, 0.1) is 0 Å². The number of alkyl halides is 6. The molecule has 2 N–H and O–H groups in total. The molecular weight excluding hydrogens is 444 g/mol. The Hall–Kier alpha value is -2.56. The van der Waals surface area contributed by atoms with Crippen LogP contribution in [0.1, 0.15) is 46.1 Å². The number of halogens is 6. The SMILES string of the molecule is CC1(c2cc(CC(=O)c3ccc(C(F)(F)F)cn3)cc(C(F)(F)F)c2)CCSC(N)=N1. The number of benzene rings is 1. The number of hydrogen-bond acceptors (Lipinski definition) is 5. The number of carbonyl (C=O) groups excluding carboxylic acids is 1. The molecule has 2 heterocycles. The van der Waals surface area contributed by atoms with Crippen molar-refractivity contribution in [2.75, 3.05) is 5.75 Å². The Morgan fingerprint density at radius 2 is 1.77 bits per heavy atom. The molecule has 0 fully saturated rings. The summed E-state index contributed by atoms with van der Waals surface area (Å²) in [5.74, 6) is -0.127. The Kier molecular flexibility index (Phi) is 6.09. The second-order valence-corrected chi connectivity index (χ2v) is 8.38. The highest BCUT2D eigenvalue weighted by molar-refractivity contribution is 8.13. The minimum atomic E-state index is -4.66. The molecule has 166 valence electrons. The van der Waals surface area contributed by atoms with Gasteiger partial charge in [-0.15, -0.1) is 0 Å². The molecule has 11 heteroatoms. The summed E-state index contributed by atoms with van der Waals surface area (Å²) in [4.78, 5) is 20.3. The summed E-state index contributed by atoms with van der Waals surface area (Å²) in [6, 6.07) is 4.89. The number of hydrogen-bond donors (Lipinski definition) is 1. The number of carbonyl (C=O) groups is 1. The molecule has 0 bridgehead atoms. The van der Waals surface area contributed by atoms with Gasteiger partial charge in [0.2, 0.25) is 0 Å². The number of ketones is 1. The standard InChI is InChI=1S/C20H17F6N3OS/c1-18(4-5-31-17(27)29-18)13-6-11(7-14(9-13)20(24,25)26)8-16(30)15-3-2-12(10-28-15)19(21,22)23/h2-3,6-7,9-10H,4-5,8H2,1H3,(H2,27,29). The second-order valence-electron chi connectivity index (χ2n) is 7.27. The third-order valence-corrected chi connectivity index (χ3v) is 5.67. The maximum Gasteiger partial charge on any atom is 0.417 e. The van der Waals surface area contributed by atoms with E-state index in [9.17, 15) is 31.1 Å². The van der Waals surface area contributed by atoms with Gasteiger partial charge in [0.15, 0.2) is 11.0 Å². The van der Waals surface area contributed by atoms with Crippen molar-refractivity contribution >= 4 is 22.7 Å². The lowest BCUT2D eigenvalue weighted by molar-refractivity contribution is -0.138. The summed E-state index contributed by atoms with van der Waals surface area (Å²) < 4.78 is 78.4. The molecule has 0 saturated heterocycles. The molecule has 1 aliphatic heterocycles. The first kappa shape index (κ1) is 23.1. The van der Waals surface area contributed by atoms with Gasteiger partial charge in [0.1, 0.15) is 5.69 Å². The first-order valence-corrected chi connectivity index (χ1v) is 10.0. The van der Waals surface area contributed by atoms with Crippen LogP contribution in [0.2, 0.25) is 0 Å². The van der Waals surface area contributed by atoms with Crippen molar-refractivity contribution in [3.8, 4) is 0 Å². The highest BCUT2D eigenvalue weighted by Gasteiger charge is 2.36. The van der Waals surface area contributed by atoms with E-state index < -0.39 is 41.2 Å². The molecule has 31 heavy (non-hydrogen) atoms. The summed E-state index contributed by atoms with van der Waals surface area (Å²) in [6.07, 6.45) is -8.76. The monoisotopic (exact) mass is 461 g/mol. The smallest absolute Gasteiger partial charge is 0.379 e. The first-order valence-electron chi connectivity index (χ1n) is 9.04. The van der Waals surface area contributed by atoms with Crippen LogP contribution in [0.25, 0.3) is 0 Å². The maximum absolute atomic E-state index is 13.5. The van der Waals surface area contributed by atoms with Crippen molar-refractivity contribution in [3.05, 3.63) is 64.5 Å². The maximum atomic E-state index is 13.5. The van der Waals surface area contributed by atoms with E-state index in [1.54, 1.807) is 6.92 Å². The molecule has 3 rings (SSSR count). The van der Waals surface area contributed by atoms with Crippen LogP contribution in [-0.4, -0.2) is 21.7 Å². The van der Waals surface area contributed by atoms with Gasteiger partial charge in [-0.05, 0) is 48.7 Å². The third-order valence-electron chi connectivity index (χ3n) is 4.88. The third kappa shape index (κ3) is 5.38. The van der Waals surface area contributed by atoms with Crippen LogP contribution < -0.4 is 5.73 Å². The van der Waals surface area contributed by atoms with E-state index in [0.29, 0.717) is 24.4 Å². The molecule has 1 aliphatic rings. The second kappa shape index (κ2) is 8.18. The summed E-state index contributed by atoms with van der Waals surface area (Å²) in [7, 11) is 0. The Balaban J connectivity index is 1.95. The molecule has 1 atom stereocenters. The van der Waals surface area contributed by atoms with Crippen LogP contribution >= 0.6 is 11.8 Å². The lowest BCUT2D eigenvalue weighted by atomic mass is 9.86. The highest BCUT2D eigenvalue weighted by Crippen LogP contribution is 2.39. The molecule has 4 nitrogen and oxygen atoms in total. The van der Waals surface area contributed by atoms with E-state index in [2.05, 4.69) is 9.98 Å². The molecule has 2 aromatic rings. The normalized spacial score (nSPS) is 19.8. The van der Waals surface area contributed by atoms with Gasteiger partial charge >= 0.3 is 12.4 Å². The molecule has 0 spiro atoms. The highest BCUT2D eigenvalue weighted by atomic mass is 32.2. The number of pyridine rings is 1. The van der Waals surface area contributed by atoms with Gasteiger partial charge in [-0.25, -0.2) is 0 Å². The minimum absolute atomic E-state index is 0.0599. The fourth-order valence-electron chi connectivity index (χ4n) is 3.17. The van der Waals surface area contributed by atoms with Crippen LogP contribution in [0.15, 0.2) is 41.5 Å². The number of nitrogens with zero attached hydrogens (tertiary/aromatic N) is 2. The molecule has 0 amide bonds. The zero-order valence-corrected chi connectivity index (χ0v) is 17.0. The van der Waals surface area contributed by atoms with Gasteiger partial charge < -0.3 is 5.73 Å². The van der Waals surface area contributed by atoms with E-state index in [1.807, 2.05) is 0 Å². The number of amidine groups is 1. The zero-order valence-electron chi connectivity index (χ0n) is 16.1. The molecule has 0 radical (unpaired) electrons. The molecule has 0 saturated carbocycles. The number of rotatable bonds is 4. The average molecular weight is 461 g/mol. The fraction of sp³-hybridized carbons (Fsp3) is 0.350. The number of aromatic nitrogens is 1. The van der Waals surface area contributed by atoms with Crippen molar-refractivity contribution in [3.63, 3.8) is 0 Å². The van der Waals surface area contributed by atoms with Gasteiger partial charge in [0, 0.05) is 18.4 Å². The average Bonchev–Trinajstić information content (AvgIpc) is 2.66. The Bertz CT molecular complexity index is 1020. The molecule has 1 aromatic heterocycles. The summed E-state index contributed by atoms with van der Waals surface area (Å²) in [5, 5.41) is 0.262. The van der Waals surface area contributed by atoms with E-state index in [4.69, 9.17) is 5.73 Å².